The summed E-state index contributed by atoms with van der Waals surface area (Å²) in [7, 11) is 0. The van der Waals surface area contributed by atoms with Crippen LogP contribution in [-0.4, -0.2) is 13.2 Å². The van der Waals surface area contributed by atoms with Crippen LogP contribution in [0, 0.1) is 11.3 Å². The van der Waals surface area contributed by atoms with E-state index in [-0.39, 0.29) is 0 Å². The van der Waals surface area contributed by atoms with Crippen molar-refractivity contribution in [2.45, 2.75) is 71.1 Å². The van der Waals surface area contributed by atoms with Gasteiger partial charge in [-0.1, -0.05) is 51.2 Å². The lowest BCUT2D eigenvalue weighted by atomic mass is 10.1. The second-order valence-electron chi connectivity index (χ2n) is 4.69. The SMILES string of the molecule is CCCC/C=C/CCCCCCCOCCC#N. The molecule has 0 fully saturated rings. The molecular formula is C16H29NO. The molecule has 0 aliphatic heterocycles. The number of nitrogens with zero attached hydrogens (tertiary/aromatic N) is 1. The molecule has 0 radical (unpaired) electrons. The zero-order valence-electron chi connectivity index (χ0n) is 12.0. The van der Waals surface area contributed by atoms with Gasteiger partial charge in [-0.25, -0.2) is 0 Å². The van der Waals surface area contributed by atoms with Crippen LogP contribution >= 0.6 is 0 Å². The van der Waals surface area contributed by atoms with E-state index in [2.05, 4.69) is 25.1 Å². The molecule has 0 unspecified atom stereocenters. The highest BCUT2D eigenvalue weighted by atomic mass is 16.5. The second-order valence-corrected chi connectivity index (χ2v) is 4.69. The number of nitriles is 1. The third-order valence-electron chi connectivity index (χ3n) is 2.91. The van der Waals surface area contributed by atoms with Gasteiger partial charge in [-0.05, 0) is 25.7 Å². The van der Waals surface area contributed by atoms with E-state index in [9.17, 15) is 0 Å². The number of allylic oxidation sites excluding steroid dienone is 2. The number of unbranched alkanes of at least 4 members (excludes halogenated alkanes) is 7. The Hall–Kier alpha value is -0.810. The molecule has 0 atom stereocenters. The van der Waals surface area contributed by atoms with Gasteiger partial charge in [0.15, 0.2) is 0 Å². The fraction of sp³-hybridized carbons (Fsp3) is 0.812. The molecule has 0 bridgehead atoms. The van der Waals surface area contributed by atoms with Crippen LogP contribution in [0.3, 0.4) is 0 Å². The molecule has 2 nitrogen and oxygen atoms in total. The van der Waals surface area contributed by atoms with E-state index >= 15 is 0 Å². The maximum Gasteiger partial charge on any atom is 0.0645 e. The van der Waals surface area contributed by atoms with Gasteiger partial charge >= 0.3 is 0 Å². The van der Waals surface area contributed by atoms with Crippen LogP contribution in [0.25, 0.3) is 0 Å². The van der Waals surface area contributed by atoms with Gasteiger partial charge in [-0.3, -0.25) is 0 Å². The van der Waals surface area contributed by atoms with Crippen LogP contribution in [0.5, 0.6) is 0 Å². The van der Waals surface area contributed by atoms with Crippen molar-refractivity contribution in [1.29, 1.82) is 5.26 Å². The van der Waals surface area contributed by atoms with E-state index in [1.54, 1.807) is 0 Å². The van der Waals surface area contributed by atoms with Crippen LogP contribution in [0.1, 0.15) is 71.1 Å². The molecule has 0 amide bonds. The highest BCUT2D eigenvalue weighted by Crippen LogP contribution is 2.06. The lowest BCUT2D eigenvalue weighted by Gasteiger charge is -2.01. The Morgan fingerprint density at radius 1 is 0.889 bits per heavy atom. The molecule has 0 aromatic carbocycles. The van der Waals surface area contributed by atoms with Crippen LogP contribution in [-0.2, 0) is 4.74 Å². The normalized spacial score (nSPS) is 10.9. The first kappa shape index (κ1) is 17.2. The second kappa shape index (κ2) is 16.2. The maximum atomic E-state index is 8.32. The Morgan fingerprint density at radius 2 is 1.56 bits per heavy atom. The first-order chi connectivity index (χ1) is 8.91. The van der Waals surface area contributed by atoms with E-state index in [1.807, 2.05) is 0 Å². The molecule has 0 rings (SSSR count). The minimum Gasteiger partial charge on any atom is -0.380 e. The Balaban J connectivity index is 2.99. The standard InChI is InChI=1S/C16H29NO/c1-2-3-4-5-6-7-8-9-10-11-12-15-18-16-13-14-17/h5-6H,2-4,7-13,15-16H2,1H3/b6-5+. The third-order valence-corrected chi connectivity index (χ3v) is 2.91. The van der Waals surface area contributed by atoms with Crippen LogP contribution < -0.4 is 0 Å². The van der Waals surface area contributed by atoms with Crippen molar-refractivity contribution in [3.63, 3.8) is 0 Å². The van der Waals surface area contributed by atoms with Crippen molar-refractivity contribution in [2.24, 2.45) is 0 Å². The largest absolute Gasteiger partial charge is 0.380 e. The van der Waals surface area contributed by atoms with Crippen molar-refractivity contribution in [1.82, 2.24) is 0 Å². The fourth-order valence-electron chi connectivity index (χ4n) is 1.77. The van der Waals surface area contributed by atoms with Gasteiger partial charge in [0, 0.05) is 6.61 Å². The summed E-state index contributed by atoms with van der Waals surface area (Å²) < 4.78 is 5.32. The number of hydrogen-bond donors (Lipinski definition) is 0. The van der Waals surface area contributed by atoms with Gasteiger partial charge in [-0.15, -0.1) is 0 Å². The number of ether oxygens (including phenoxy) is 1. The van der Waals surface area contributed by atoms with Crippen LogP contribution in [0.4, 0.5) is 0 Å². The Kier molecular flexibility index (Phi) is 15.5. The number of rotatable bonds is 13. The summed E-state index contributed by atoms with van der Waals surface area (Å²) in [4.78, 5) is 0. The summed E-state index contributed by atoms with van der Waals surface area (Å²) >= 11 is 0. The molecule has 0 N–H and O–H groups in total. The first-order valence-corrected chi connectivity index (χ1v) is 7.51. The van der Waals surface area contributed by atoms with Gasteiger partial charge in [0.1, 0.15) is 0 Å². The minimum atomic E-state index is 0.518. The zero-order valence-corrected chi connectivity index (χ0v) is 12.0. The summed E-state index contributed by atoms with van der Waals surface area (Å²) in [5.41, 5.74) is 0. The molecule has 0 aliphatic carbocycles. The molecular weight excluding hydrogens is 222 g/mol. The molecule has 18 heavy (non-hydrogen) atoms. The quantitative estimate of drug-likeness (QED) is 0.341. The summed E-state index contributed by atoms with van der Waals surface area (Å²) in [5.74, 6) is 0. The molecule has 0 saturated carbocycles. The Morgan fingerprint density at radius 3 is 2.28 bits per heavy atom. The van der Waals surface area contributed by atoms with E-state index in [0.717, 1.165) is 13.0 Å². The average Bonchev–Trinajstić information content (AvgIpc) is 2.39. The highest BCUT2D eigenvalue weighted by Gasteiger charge is 1.91. The monoisotopic (exact) mass is 251 g/mol. The van der Waals surface area contributed by atoms with Gasteiger partial charge in [0.05, 0.1) is 19.1 Å². The molecule has 0 heterocycles. The molecule has 0 aromatic heterocycles. The average molecular weight is 251 g/mol. The van der Waals surface area contributed by atoms with E-state index < -0.39 is 0 Å². The molecule has 0 aliphatic rings. The van der Waals surface area contributed by atoms with Gasteiger partial charge in [0.2, 0.25) is 0 Å². The Bertz CT molecular complexity index is 218. The molecule has 0 spiro atoms. The van der Waals surface area contributed by atoms with E-state index in [4.69, 9.17) is 10.00 Å². The summed E-state index contributed by atoms with van der Waals surface area (Å²) in [6, 6.07) is 2.08. The first-order valence-electron chi connectivity index (χ1n) is 7.51. The van der Waals surface area contributed by atoms with E-state index in [1.165, 1.54) is 51.4 Å². The summed E-state index contributed by atoms with van der Waals surface area (Å²) in [6.45, 7) is 3.65. The van der Waals surface area contributed by atoms with Crippen molar-refractivity contribution in [3.8, 4) is 6.07 Å². The Labute approximate surface area is 113 Å². The predicted molar refractivity (Wildman–Crippen MR) is 77.4 cm³/mol. The van der Waals surface area contributed by atoms with E-state index in [0.29, 0.717) is 13.0 Å². The summed E-state index contributed by atoms with van der Waals surface area (Å²) in [6.07, 6.45) is 16.6. The highest BCUT2D eigenvalue weighted by molar-refractivity contribution is 4.81. The lowest BCUT2D eigenvalue weighted by molar-refractivity contribution is 0.135. The third kappa shape index (κ3) is 15.2. The fourth-order valence-corrected chi connectivity index (χ4v) is 1.77. The molecule has 0 saturated heterocycles. The van der Waals surface area contributed by atoms with Gasteiger partial charge in [0.25, 0.3) is 0 Å². The predicted octanol–water partition coefficient (Wildman–Crippen LogP) is 5.00. The topological polar surface area (TPSA) is 33.0 Å². The number of hydrogen-bond acceptors (Lipinski definition) is 2. The van der Waals surface area contributed by atoms with Crippen molar-refractivity contribution in [3.05, 3.63) is 12.2 Å². The van der Waals surface area contributed by atoms with Crippen molar-refractivity contribution < 1.29 is 4.74 Å². The zero-order chi connectivity index (χ0) is 13.3. The smallest absolute Gasteiger partial charge is 0.0645 e. The molecule has 104 valence electrons. The molecule has 2 heteroatoms. The van der Waals surface area contributed by atoms with Gasteiger partial charge in [-0.2, -0.15) is 5.26 Å². The van der Waals surface area contributed by atoms with Crippen LogP contribution in [0.2, 0.25) is 0 Å². The van der Waals surface area contributed by atoms with Gasteiger partial charge < -0.3 is 4.74 Å². The lowest BCUT2D eigenvalue weighted by Crippen LogP contribution is -1.95. The van der Waals surface area contributed by atoms with Crippen LogP contribution in [0.15, 0.2) is 12.2 Å². The van der Waals surface area contributed by atoms with Crippen molar-refractivity contribution in [2.75, 3.05) is 13.2 Å². The van der Waals surface area contributed by atoms with Crippen molar-refractivity contribution >= 4 is 0 Å². The summed E-state index contributed by atoms with van der Waals surface area (Å²) in [5, 5.41) is 8.32. The molecule has 0 aromatic rings. The maximum absolute atomic E-state index is 8.32. The minimum absolute atomic E-state index is 0.518.